The van der Waals surface area contributed by atoms with Gasteiger partial charge < -0.3 is 9.64 Å². The summed E-state index contributed by atoms with van der Waals surface area (Å²) >= 11 is 5.86. The first kappa shape index (κ1) is 20.5. The predicted molar refractivity (Wildman–Crippen MR) is 107 cm³/mol. The van der Waals surface area contributed by atoms with Gasteiger partial charge in [-0.1, -0.05) is 11.6 Å². The van der Waals surface area contributed by atoms with E-state index < -0.39 is 17.8 Å². The third kappa shape index (κ3) is 4.00. The number of benzene rings is 2. The predicted octanol–water partition coefficient (Wildman–Crippen LogP) is 3.17. The zero-order chi connectivity index (χ0) is 21.1. The SMILES string of the molecule is CCN(CC)C(=O)COC(=O)c1ccc2c(c1)C(=O)N(c1ccc(Cl)cc1)C2=O. The Morgan fingerprint density at radius 3 is 2.21 bits per heavy atom. The van der Waals surface area contributed by atoms with Crippen molar-refractivity contribution >= 4 is 41.0 Å². The van der Waals surface area contributed by atoms with Gasteiger partial charge in [-0.2, -0.15) is 0 Å². The quantitative estimate of drug-likeness (QED) is 0.535. The molecule has 2 aromatic carbocycles. The molecule has 0 spiro atoms. The van der Waals surface area contributed by atoms with Crippen LogP contribution in [0, 0.1) is 0 Å². The molecule has 0 unspecified atom stereocenters. The number of carbonyl (C=O) groups is 4. The maximum Gasteiger partial charge on any atom is 0.338 e. The molecule has 0 atom stereocenters. The molecular formula is C21H19ClN2O5. The molecule has 150 valence electrons. The van der Waals surface area contributed by atoms with Crippen LogP contribution in [-0.2, 0) is 9.53 Å². The number of ether oxygens (including phenoxy) is 1. The number of hydrogen-bond donors (Lipinski definition) is 0. The fourth-order valence-electron chi connectivity index (χ4n) is 3.07. The summed E-state index contributed by atoms with van der Waals surface area (Å²) < 4.78 is 5.07. The highest BCUT2D eigenvalue weighted by Gasteiger charge is 2.37. The summed E-state index contributed by atoms with van der Waals surface area (Å²) in [7, 11) is 0. The van der Waals surface area contributed by atoms with Crippen molar-refractivity contribution in [3.05, 3.63) is 64.2 Å². The summed E-state index contributed by atoms with van der Waals surface area (Å²) in [4.78, 5) is 52.3. The van der Waals surface area contributed by atoms with E-state index in [2.05, 4.69) is 0 Å². The highest BCUT2D eigenvalue weighted by molar-refractivity contribution is 6.35. The molecule has 1 aliphatic rings. The molecule has 29 heavy (non-hydrogen) atoms. The summed E-state index contributed by atoms with van der Waals surface area (Å²) in [5, 5.41) is 0.481. The van der Waals surface area contributed by atoms with Gasteiger partial charge in [0, 0.05) is 18.1 Å². The lowest BCUT2D eigenvalue weighted by Gasteiger charge is -2.18. The summed E-state index contributed by atoms with van der Waals surface area (Å²) in [6.45, 7) is 4.31. The first-order valence-corrected chi connectivity index (χ1v) is 9.48. The molecule has 0 aliphatic carbocycles. The lowest BCUT2D eigenvalue weighted by molar-refractivity contribution is -0.134. The molecule has 1 heterocycles. The molecule has 8 heteroatoms. The van der Waals surface area contributed by atoms with Gasteiger partial charge in [-0.25, -0.2) is 9.69 Å². The molecule has 0 saturated heterocycles. The smallest absolute Gasteiger partial charge is 0.338 e. The number of fused-ring (bicyclic) bond motifs is 1. The molecule has 3 amide bonds. The number of carbonyl (C=O) groups excluding carboxylic acids is 4. The second kappa shape index (κ2) is 8.45. The van der Waals surface area contributed by atoms with Crippen molar-refractivity contribution in [3.8, 4) is 0 Å². The minimum atomic E-state index is -0.738. The minimum absolute atomic E-state index is 0.0928. The van der Waals surface area contributed by atoms with Crippen LogP contribution in [0.2, 0.25) is 5.02 Å². The number of likely N-dealkylation sites (N-methyl/N-ethyl adjacent to an activating group) is 1. The van der Waals surface area contributed by atoms with Gasteiger partial charge in [-0.15, -0.1) is 0 Å². The van der Waals surface area contributed by atoms with Gasteiger partial charge in [0.15, 0.2) is 6.61 Å². The minimum Gasteiger partial charge on any atom is -0.452 e. The fourth-order valence-corrected chi connectivity index (χ4v) is 3.20. The number of nitrogens with zero attached hydrogens (tertiary/aromatic N) is 2. The molecular weight excluding hydrogens is 396 g/mol. The first-order chi connectivity index (χ1) is 13.9. The maximum atomic E-state index is 12.8. The summed E-state index contributed by atoms with van der Waals surface area (Å²) in [6, 6.07) is 10.4. The van der Waals surface area contributed by atoms with Gasteiger partial charge in [0.2, 0.25) is 0 Å². The third-order valence-electron chi connectivity index (χ3n) is 4.65. The highest BCUT2D eigenvalue weighted by atomic mass is 35.5. The van der Waals surface area contributed by atoms with Crippen molar-refractivity contribution in [3.63, 3.8) is 0 Å². The van der Waals surface area contributed by atoms with Crippen LogP contribution in [0.3, 0.4) is 0 Å². The third-order valence-corrected chi connectivity index (χ3v) is 4.90. The van der Waals surface area contributed by atoms with E-state index in [1.165, 1.54) is 18.2 Å². The van der Waals surface area contributed by atoms with Gasteiger partial charge in [-0.05, 0) is 56.3 Å². The van der Waals surface area contributed by atoms with Crippen LogP contribution in [0.15, 0.2) is 42.5 Å². The number of halogens is 1. The van der Waals surface area contributed by atoms with E-state index in [4.69, 9.17) is 16.3 Å². The van der Waals surface area contributed by atoms with E-state index >= 15 is 0 Å². The molecule has 0 bridgehead atoms. The lowest BCUT2D eigenvalue weighted by Crippen LogP contribution is -2.34. The maximum absolute atomic E-state index is 12.8. The normalized spacial score (nSPS) is 12.7. The van der Waals surface area contributed by atoms with Crippen LogP contribution in [0.4, 0.5) is 5.69 Å². The van der Waals surface area contributed by atoms with Gasteiger partial charge >= 0.3 is 5.97 Å². The largest absolute Gasteiger partial charge is 0.452 e. The average molecular weight is 415 g/mol. The highest BCUT2D eigenvalue weighted by Crippen LogP contribution is 2.30. The molecule has 0 aromatic heterocycles. The van der Waals surface area contributed by atoms with Crippen LogP contribution in [0.5, 0.6) is 0 Å². The van der Waals surface area contributed by atoms with Crippen molar-refractivity contribution in [2.75, 3.05) is 24.6 Å². The van der Waals surface area contributed by atoms with Crippen molar-refractivity contribution in [1.29, 1.82) is 0 Å². The molecule has 0 saturated carbocycles. The van der Waals surface area contributed by atoms with Gasteiger partial charge in [-0.3, -0.25) is 14.4 Å². The van der Waals surface area contributed by atoms with E-state index in [-0.39, 0.29) is 29.2 Å². The molecule has 0 fully saturated rings. The van der Waals surface area contributed by atoms with Crippen LogP contribution in [0.1, 0.15) is 44.9 Å². The van der Waals surface area contributed by atoms with Gasteiger partial charge in [0.25, 0.3) is 17.7 Å². The Morgan fingerprint density at radius 1 is 0.966 bits per heavy atom. The van der Waals surface area contributed by atoms with Crippen molar-refractivity contribution in [1.82, 2.24) is 4.90 Å². The van der Waals surface area contributed by atoms with Crippen LogP contribution in [0.25, 0.3) is 0 Å². The van der Waals surface area contributed by atoms with E-state index in [1.807, 2.05) is 13.8 Å². The Kier molecular flexibility index (Phi) is 5.98. The average Bonchev–Trinajstić information content (AvgIpc) is 2.97. The second-order valence-corrected chi connectivity index (χ2v) is 6.76. The number of amides is 3. The van der Waals surface area contributed by atoms with E-state index in [0.717, 1.165) is 4.90 Å². The van der Waals surface area contributed by atoms with Crippen molar-refractivity contribution < 1.29 is 23.9 Å². The Balaban J connectivity index is 1.78. The van der Waals surface area contributed by atoms with Crippen LogP contribution >= 0.6 is 11.6 Å². The monoisotopic (exact) mass is 414 g/mol. The summed E-state index contributed by atoms with van der Waals surface area (Å²) in [5.41, 5.74) is 0.778. The van der Waals surface area contributed by atoms with Crippen molar-refractivity contribution in [2.24, 2.45) is 0 Å². The zero-order valence-corrected chi connectivity index (χ0v) is 16.7. The van der Waals surface area contributed by atoms with Crippen LogP contribution in [-0.4, -0.2) is 48.3 Å². The molecule has 0 N–H and O–H groups in total. The van der Waals surface area contributed by atoms with Crippen molar-refractivity contribution in [2.45, 2.75) is 13.8 Å². The topological polar surface area (TPSA) is 84.0 Å². The van der Waals surface area contributed by atoms with E-state index in [1.54, 1.807) is 29.2 Å². The molecule has 7 nitrogen and oxygen atoms in total. The van der Waals surface area contributed by atoms with E-state index in [0.29, 0.717) is 23.8 Å². The Hall–Kier alpha value is -3.19. The van der Waals surface area contributed by atoms with Gasteiger partial charge in [0.05, 0.1) is 22.4 Å². The Morgan fingerprint density at radius 2 is 1.59 bits per heavy atom. The van der Waals surface area contributed by atoms with Gasteiger partial charge in [0.1, 0.15) is 0 Å². The lowest BCUT2D eigenvalue weighted by atomic mass is 10.1. The second-order valence-electron chi connectivity index (χ2n) is 6.32. The number of anilines is 1. The van der Waals surface area contributed by atoms with Crippen LogP contribution < -0.4 is 4.90 Å². The number of imide groups is 1. The first-order valence-electron chi connectivity index (χ1n) is 9.10. The Labute approximate surface area is 172 Å². The summed E-state index contributed by atoms with van der Waals surface area (Å²) in [5.74, 6) is -2.06. The number of esters is 1. The molecule has 0 radical (unpaired) electrons. The summed E-state index contributed by atoms with van der Waals surface area (Å²) in [6.07, 6.45) is 0. The molecule has 2 aromatic rings. The number of hydrogen-bond acceptors (Lipinski definition) is 5. The zero-order valence-electron chi connectivity index (χ0n) is 16.0. The van der Waals surface area contributed by atoms with E-state index in [9.17, 15) is 19.2 Å². The standard InChI is InChI=1S/C21H19ClN2O5/c1-3-23(4-2)18(25)12-29-21(28)13-5-10-16-17(11-13)20(27)24(19(16)26)15-8-6-14(22)7-9-15/h5-11H,3-4,12H2,1-2H3. The molecule has 1 aliphatic heterocycles. The fraction of sp³-hybridized carbons (Fsp3) is 0.238. The number of rotatable bonds is 6. The Bertz CT molecular complexity index is 983. The molecule has 3 rings (SSSR count).